The molecule has 0 unspecified atom stereocenters. The van der Waals surface area contributed by atoms with E-state index in [4.69, 9.17) is 4.74 Å². The van der Waals surface area contributed by atoms with Gasteiger partial charge in [-0.25, -0.2) is 4.79 Å². The van der Waals surface area contributed by atoms with Gasteiger partial charge in [0.2, 0.25) is 0 Å². The molecular formula is C19H17BrO2. The number of carbonyl (C=O) groups is 1. The molecule has 2 rings (SSSR count). The molecule has 0 aliphatic heterocycles. The van der Waals surface area contributed by atoms with Crippen molar-refractivity contribution in [1.82, 2.24) is 0 Å². The molecule has 0 aromatic heterocycles. The number of esters is 1. The first-order valence-corrected chi connectivity index (χ1v) is 7.73. The SMILES string of the molecule is C=C(C)C(=O)OC(=CCc1ccccc1)c1ccc(Br)cc1. The van der Waals surface area contributed by atoms with Gasteiger partial charge in [0.1, 0.15) is 5.76 Å². The molecule has 0 atom stereocenters. The van der Waals surface area contributed by atoms with Gasteiger partial charge in [-0.2, -0.15) is 0 Å². The average Bonchev–Trinajstić information content (AvgIpc) is 2.53. The number of rotatable bonds is 5. The monoisotopic (exact) mass is 356 g/mol. The average molecular weight is 357 g/mol. The van der Waals surface area contributed by atoms with E-state index in [1.54, 1.807) is 6.92 Å². The molecular weight excluding hydrogens is 340 g/mol. The summed E-state index contributed by atoms with van der Waals surface area (Å²) in [5.74, 6) is 0.131. The van der Waals surface area contributed by atoms with Gasteiger partial charge in [0.15, 0.2) is 0 Å². The lowest BCUT2D eigenvalue weighted by molar-refractivity contribution is -0.132. The molecule has 112 valence electrons. The topological polar surface area (TPSA) is 26.3 Å². The van der Waals surface area contributed by atoms with Gasteiger partial charge in [0, 0.05) is 15.6 Å². The summed E-state index contributed by atoms with van der Waals surface area (Å²) < 4.78 is 6.44. The standard InChI is InChI=1S/C19H17BrO2/c1-14(2)19(21)22-18(16-9-11-17(20)12-10-16)13-8-15-6-4-3-5-7-15/h3-7,9-13H,1,8H2,2H3. The van der Waals surface area contributed by atoms with Crippen molar-refractivity contribution < 1.29 is 9.53 Å². The highest BCUT2D eigenvalue weighted by Gasteiger charge is 2.10. The van der Waals surface area contributed by atoms with Gasteiger partial charge in [0.05, 0.1) is 0 Å². The zero-order chi connectivity index (χ0) is 15.9. The van der Waals surface area contributed by atoms with Crippen molar-refractivity contribution >= 4 is 27.7 Å². The second-order valence-electron chi connectivity index (χ2n) is 4.93. The zero-order valence-electron chi connectivity index (χ0n) is 12.4. The van der Waals surface area contributed by atoms with Crippen LogP contribution in [0.5, 0.6) is 0 Å². The summed E-state index contributed by atoms with van der Waals surface area (Å²) in [6.45, 7) is 5.26. The van der Waals surface area contributed by atoms with Gasteiger partial charge in [-0.3, -0.25) is 0 Å². The Morgan fingerprint density at radius 1 is 1.14 bits per heavy atom. The Kier molecular flexibility index (Phi) is 5.73. The minimum absolute atomic E-state index is 0.378. The van der Waals surface area contributed by atoms with Crippen molar-refractivity contribution in [2.24, 2.45) is 0 Å². The Morgan fingerprint density at radius 3 is 2.36 bits per heavy atom. The lowest BCUT2D eigenvalue weighted by Crippen LogP contribution is -2.05. The number of benzene rings is 2. The third-order valence-corrected chi connectivity index (χ3v) is 3.57. The predicted molar refractivity (Wildman–Crippen MR) is 93.2 cm³/mol. The van der Waals surface area contributed by atoms with E-state index in [-0.39, 0.29) is 0 Å². The van der Waals surface area contributed by atoms with Crippen LogP contribution < -0.4 is 0 Å². The predicted octanol–water partition coefficient (Wildman–Crippen LogP) is 5.15. The summed E-state index contributed by atoms with van der Waals surface area (Å²) in [4.78, 5) is 11.8. The van der Waals surface area contributed by atoms with Gasteiger partial charge < -0.3 is 4.74 Å². The summed E-state index contributed by atoms with van der Waals surface area (Å²) >= 11 is 3.40. The maximum atomic E-state index is 11.8. The first-order chi connectivity index (χ1) is 10.6. The molecule has 22 heavy (non-hydrogen) atoms. The van der Waals surface area contributed by atoms with Crippen LogP contribution in [0.25, 0.3) is 5.76 Å². The van der Waals surface area contributed by atoms with Crippen molar-refractivity contribution in [3.8, 4) is 0 Å². The van der Waals surface area contributed by atoms with Crippen LogP contribution in [0.2, 0.25) is 0 Å². The van der Waals surface area contributed by atoms with Crippen molar-refractivity contribution in [3.05, 3.63) is 88.4 Å². The maximum Gasteiger partial charge on any atom is 0.338 e. The molecule has 0 N–H and O–H groups in total. The molecule has 0 aliphatic rings. The Hall–Kier alpha value is -2.13. The van der Waals surface area contributed by atoms with Gasteiger partial charge in [0.25, 0.3) is 0 Å². The summed E-state index contributed by atoms with van der Waals surface area (Å²) in [5.41, 5.74) is 2.39. The van der Waals surface area contributed by atoms with Crippen LogP contribution in [-0.2, 0) is 16.0 Å². The third-order valence-electron chi connectivity index (χ3n) is 3.05. The van der Waals surface area contributed by atoms with Crippen molar-refractivity contribution in [1.29, 1.82) is 0 Å². The molecule has 0 spiro atoms. The summed E-state index contributed by atoms with van der Waals surface area (Å²) in [6, 6.07) is 17.7. The van der Waals surface area contributed by atoms with Gasteiger partial charge in [-0.05, 0) is 37.1 Å². The quantitative estimate of drug-likeness (QED) is 0.420. The molecule has 0 saturated carbocycles. The van der Waals surface area contributed by atoms with E-state index < -0.39 is 5.97 Å². The van der Waals surface area contributed by atoms with E-state index in [1.165, 1.54) is 0 Å². The number of ether oxygens (including phenoxy) is 1. The number of carbonyl (C=O) groups excluding carboxylic acids is 1. The highest BCUT2D eigenvalue weighted by atomic mass is 79.9. The fourth-order valence-corrected chi connectivity index (χ4v) is 2.11. The number of halogens is 1. The molecule has 0 heterocycles. The fraction of sp³-hybridized carbons (Fsp3) is 0.105. The second-order valence-corrected chi connectivity index (χ2v) is 5.85. The normalized spacial score (nSPS) is 11.1. The lowest BCUT2D eigenvalue weighted by Gasteiger charge is -2.10. The van der Waals surface area contributed by atoms with Crippen LogP contribution in [-0.4, -0.2) is 5.97 Å². The Morgan fingerprint density at radius 2 is 1.77 bits per heavy atom. The molecule has 2 nitrogen and oxygen atoms in total. The first kappa shape index (κ1) is 16.2. The molecule has 0 amide bonds. The highest BCUT2D eigenvalue weighted by molar-refractivity contribution is 9.10. The van der Waals surface area contributed by atoms with Crippen LogP contribution >= 0.6 is 15.9 Å². The molecule has 0 radical (unpaired) electrons. The minimum atomic E-state index is -0.415. The molecule has 2 aromatic carbocycles. The number of hydrogen-bond acceptors (Lipinski definition) is 2. The van der Waals surface area contributed by atoms with E-state index in [0.29, 0.717) is 17.8 Å². The molecule has 0 fully saturated rings. The molecule has 0 bridgehead atoms. The fourth-order valence-electron chi connectivity index (χ4n) is 1.84. The number of allylic oxidation sites excluding steroid dienone is 1. The number of hydrogen-bond donors (Lipinski definition) is 0. The second kappa shape index (κ2) is 7.76. The van der Waals surface area contributed by atoms with E-state index in [1.807, 2.05) is 60.7 Å². The molecule has 3 heteroatoms. The molecule has 2 aromatic rings. The van der Waals surface area contributed by atoms with Crippen LogP contribution in [0.3, 0.4) is 0 Å². The summed E-state index contributed by atoms with van der Waals surface area (Å²) in [6.07, 6.45) is 2.61. The zero-order valence-corrected chi connectivity index (χ0v) is 14.0. The van der Waals surface area contributed by atoms with Gasteiger partial charge >= 0.3 is 5.97 Å². The van der Waals surface area contributed by atoms with Crippen molar-refractivity contribution in [2.75, 3.05) is 0 Å². The minimum Gasteiger partial charge on any atom is -0.423 e. The summed E-state index contributed by atoms with van der Waals surface area (Å²) in [5, 5.41) is 0. The third kappa shape index (κ3) is 4.71. The van der Waals surface area contributed by atoms with Crippen LogP contribution in [0.15, 0.2) is 77.3 Å². The van der Waals surface area contributed by atoms with Crippen molar-refractivity contribution in [3.63, 3.8) is 0 Å². The molecule has 0 saturated heterocycles. The van der Waals surface area contributed by atoms with Gasteiger partial charge in [-0.1, -0.05) is 65.0 Å². The van der Waals surface area contributed by atoms with Gasteiger partial charge in [-0.15, -0.1) is 0 Å². The largest absolute Gasteiger partial charge is 0.423 e. The first-order valence-electron chi connectivity index (χ1n) is 6.94. The van der Waals surface area contributed by atoms with Crippen LogP contribution in [0, 0.1) is 0 Å². The van der Waals surface area contributed by atoms with Crippen LogP contribution in [0.4, 0.5) is 0 Å². The molecule has 0 aliphatic carbocycles. The highest BCUT2D eigenvalue weighted by Crippen LogP contribution is 2.21. The van der Waals surface area contributed by atoms with E-state index in [9.17, 15) is 4.79 Å². The maximum absolute atomic E-state index is 11.8. The van der Waals surface area contributed by atoms with E-state index >= 15 is 0 Å². The Balaban J connectivity index is 2.26. The van der Waals surface area contributed by atoms with Crippen molar-refractivity contribution in [2.45, 2.75) is 13.3 Å². The van der Waals surface area contributed by atoms with E-state index in [0.717, 1.165) is 15.6 Å². The van der Waals surface area contributed by atoms with E-state index in [2.05, 4.69) is 22.5 Å². The Labute approximate surface area is 139 Å². The Bertz CT molecular complexity index is 685. The smallest absolute Gasteiger partial charge is 0.338 e. The van der Waals surface area contributed by atoms with Crippen LogP contribution in [0.1, 0.15) is 18.1 Å². The lowest BCUT2D eigenvalue weighted by atomic mass is 10.1. The summed E-state index contributed by atoms with van der Waals surface area (Å²) in [7, 11) is 0.